The molecule has 4 rings (SSSR count). The maximum absolute atomic E-state index is 12.3. The van der Waals surface area contributed by atoms with E-state index in [-0.39, 0.29) is 11.8 Å². The summed E-state index contributed by atoms with van der Waals surface area (Å²) in [5.74, 6) is 2.15. The minimum Gasteiger partial charge on any atom is -0.381 e. The van der Waals surface area contributed by atoms with Crippen LogP contribution in [0, 0.1) is 5.92 Å². The lowest BCUT2D eigenvalue weighted by Crippen LogP contribution is -2.48. The number of aryl methyl sites for hydroxylation is 1. The van der Waals surface area contributed by atoms with Crippen LogP contribution in [-0.2, 0) is 18.2 Å². The maximum atomic E-state index is 12.3. The Labute approximate surface area is 152 Å². The molecule has 1 amide bonds. The van der Waals surface area contributed by atoms with Crippen molar-refractivity contribution in [3.63, 3.8) is 0 Å². The summed E-state index contributed by atoms with van der Waals surface area (Å²) in [6.45, 7) is 2.69. The highest BCUT2D eigenvalue weighted by Crippen LogP contribution is 2.27. The molecule has 0 N–H and O–H groups in total. The molecular formula is C18H25N5O3. The van der Waals surface area contributed by atoms with Gasteiger partial charge in [0, 0.05) is 39.4 Å². The Hall–Kier alpha value is -2.22. The first-order valence-electron chi connectivity index (χ1n) is 9.37. The summed E-state index contributed by atoms with van der Waals surface area (Å²) >= 11 is 0. The molecule has 0 spiro atoms. The van der Waals surface area contributed by atoms with Crippen molar-refractivity contribution >= 4 is 5.91 Å². The second kappa shape index (κ2) is 7.57. The minimum absolute atomic E-state index is 0.00518. The number of ether oxygens (including phenoxy) is 1. The molecule has 2 fully saturated rings. The largest absolute Gasteiger partial charge is 0.381 e. The molecule has 2 aliphatic rings. The van der Waals surface area contributed by atoms with E-state index in [1.807, 2.05) is 0 Å². The molecule has 0 bridgehead atoms. The van der Waals surface area contributed by atoms with Crippen molar-refractivity contribution in [3.8, 4) is 0 Å². The second-order valence-corrected chi connectivity index (χ2v) is 7.33. The monoisotopic (exact) mass is 359 g/mol. The maximum Gasteiger partial charge on any atom is 0.257 e. The van der Waals surface area contributed by atoms with E-state index in [9.17, 15) is 4.79 Å². The molecule has 2 aromatic heterocycles. The van der Waals surface area contributed by atoms with Crippen molar-refractivity contribution in [1.82, 2.24) is 24.8 Å². The zero-order valence-corrected chi connectivity index (χ0v) is 15.1. The Kier molecular flexibility index (Phi) is 5.01. The highest BCUT2D eigenvalue weighted by Gasteiger charge is 2.36. The number of aromatic nitrogens is 4. The molecule has 1 saturated carbocycles. The van der Waals surface area contributed by atoms with Gasteiger partial charge in [0.15, 0.2) is 5.82 Å². The summed E-state index contributed by atoms with van der Waals surface area (Å²) in [5, 5.41) is 8.07. The molecule has 140 valence electrons. The lowest BCUT2D eigenvalue weighted by atomic mass is 9.99. The third kappa shape index (κ3) is 3.80. The first-order valence-corrected chi connectivity index (χ1v) is 9.37. The normalized spacial score (nSPS) is 18.4. The van der Waals surface area contributed by atoms with Crippen LogP contribution in [0.25, 0.3) is 0 Å². The Morgan fingerprint density at radius 3 is 2.88 bits per heavy atom. The fraction of sp³-hybridized carbons (Fsp3) is 0.667. The van der Waals surface area contributed by atoms with E-state index in [0.717, 1.165) is 12.5 Å². The van der Waals surface area contributed by atoms with Gasteiger partial charge in [-0.15, -0.1) is 0 Å². The smallest absolute Gasteiger partial charge is 0.257 e. The summed E-state index contributed by atoms with van der Waals surface area (Å²) in [5.41, 5.74) is 0.608. The number of nitrogens with zero attached hydrogens (tertiary/aromatic N) is 5. The van der Waals surface area contributed by atoms with Crippen LogP contribution in [0.1, 0.15) is 53.7 Å². The van der Waals surface area contributed by atoms with Gasteiger partial charge in [0.25, 0.3) is 5.91 Å². The van der Waals surface area contributed by atoms with Gasteiger partial charge in [-0.1, -0.05) is 18.0 Å². The van der Waals surface area contributed by atoms with Crippen LogP contribution in [0.4, 0.5) is 0 Å². The van der Waals surface area contributed by atoms with E-state index in [4.69, 9.17) is 9.26 Å². The molecule has 1 aliphatic heterocycles. The van der Waals surface area contributed by atoms with Crippen LogP contribution in [0.3, 0.4) is 0 Å². The first kappa shape index (κ1) is 17.2. The van der Waals surface area contributed by atoms with Gasteiger partial charge in [-0.25, -0.2) is 0 Å². The number of carbonyl (C=O) groups is 1. The number of amides is 1. The predicted octanol–water partition coefficient (Wildman–Crippen LogP) is 1.79. The predicted molar refractivity (Wildman–Crippen MR) is 92.6 cm³/mol. The van der Waals surface area contributed by atoms with Gasteiger partial charge in [-0.2, -0.15) is 10.1 Å². The van der Waals surface area contributed by atoms with E-state index < -0.39 is 0 Å². The van der Waals surface area contributed by atoms with Crippen LogP contribution in [0.15, 0.2) is 16.9 Å². The lowest BCUT2D eigenvalue weighted by Gasteiger charge is -2.36. The molecule has 0 radical (unpaired) electrons. The molecule has 1 aliphatic carbocycles. The summed E-state index contributed by atoms with van der Waals surface area (Å²) < 4.78 is 12.7. The van der Waals surface area contributed by atoms with Crippen LogP contribution >= 0.6 is 0 Å². The zero-order chi connectivity index (χ0) is 17.9. The number of carbonyl (C=O) groups excluding carboxylic acids is 1. The summed E-state index contributed by atoms with van der Waals surface area (Å²) in [6.07, 6.45) is 9.25. The highest BCUT2D eigenvalue weighted by molar-refractivity contribution is 5.94. The minimum atomic E-state index is -0.00518. The number of hydrogen-bond acceptors (Lipinski definition) is 6. The highest BCUT2D eigenvalue weighted by atomic mass is 16.5. The molecule has 26 heavy (non-hydrogen) atoms. The standard InChI is InChI=1S/C18H25N5O3/c1-22-9-14(8-19-22)18(24)23-10-15(11-23)17-20-16(21-26-17)6-7-25-12-13-4-2-3-5-13/h8-9,13,15H,2-7,10-12H2,1H3. The summed E-state index contributed by atoms with van der Waals surface area (Å²) in [6, 6.07) is 0. The topological polar surface area (TPSA) is 86.3 Å². The lowest BCUT2D eigenvalue weighted by molar-refractivity contribution is 0.0569. The molecular weight excluding hydrogens is 334 g/mol. The van der Waals surface area contributed by atoms with Gasteiger partial charge < -0.3 is 14.2 Å². The van der Waals surface area contributed by atoms with Crippen LogP contribution < -0.4 is 0 Å². The fourth-order valence-electron chi connectivity index (χ4n) is 3.64. The van der Waals surface area contributed by atoms with Gasteiger partial charge in [0.05, 0.1) is 24.3 Å². The Morgan fingerprint density at radius 2 is 2.15 bits per heavy atom. The van der Waals surface area contributed by atoms with E-state index >= 15 is 0 Å². The van der Waals surface area contributed by atoms with E-state index in [1.165, 1.54) is 25.7 Å². The molecule has 2 aromatic rings. The number of likely N-dealkylation sites (tertiary alicyclic amines) is 1. The number of rotatable bonds is 7. The van der Waals surface area contributed by atoms with Gasteiger partial charge in [-0.05, 0) is 18.8 Å². The van der Waals surface area contributed by atoms with Crippen molar-refractivity contribution in [1.29, 1.82) is 0 Å². The van der Waals surface area contributed by atoms with Crippen molar-refractivity contribution in [2.45, 2.75) is 38.0 Å². The zero-order valence-electron chi connectivity index (χ0n) is 15.1. The van der Waals surface area contributed by atoms with Gasteiger partial charge in [-0.3, -0.25) is 9.48 Å². The van der Waals surface area contributed by atoms with Gasteiger partial charge in [0.2, 0.25) is 5.89 Å². The van der Waals surface area contributed by atoms with E-state index in [2.05, 4.69) is 15.2 Å². The average molecular weight is 359 g/mol. The molecule has 3 heterocycles. The first-order chi connectivity index (χ1) is 12.7. The van der Waals surface area contributed by atoms with Gasteiger partial charge >= 0.3 is 0 Å². The SMILES string of the molecule is Cn1cc(C(=O)N2CC(c3nc(CCOCC4CCCC4)no3)C2)cn1. The third-order valence-electron chi connectivity index (χ3n) is 5.25. The Morgan fingerprint density at radius 1 is 1.35 bits per heavy atom. The van der Waals surface area contributed by atoms with Crippen molar-refractivity contribution in [3.05, 3.63) is 29.7 Å². The second-order valence-electron chi connectivity index (χ2n) is 7.33. The molecule has 0 unspecified atom stereocenters. The van der Waals surface area contributed by atoms with E-state index in [0.29, 0.717) is 43.4 Å². The fourth-order valence-corrected chi connectivity index (χ4v) is 3.64. The van der Waals surface area contributed by atoms with Crippen LogP contribution in [0.2, 0.25) is 0 Å². The van der Waals surface area contributed by atoms with Crippen LogP contribution in [-0.4, -0.2) is 57.0 Å². The van der Waals surface area contributed by atoms with Crippen molar-refractivity contribution in [2.24, 2.45) is 13.0 Å². The third-order valence-corrected chi connectivity index (χ3v) is 5.25. The van der Waals surface area contributed by atoms with Crippen LogP contribution in [0.5, 0.6) is 0 Å². The molecule has 0 aromatic carbocycles. The quantitative estimate of drug-likeness (QED) is 0.701. The average Bonchev–Trinajstić information content (AvgIpc) is 3.32. The molecule has 8 heteroatoms. The Bertz CT molecular complexity index is 744. The van der Waals surface area contributed by atoms with Gasteiger partial charge in [0.1, 0.15) is 0 Å². The van der Waals surface area contributed by atoms with Crippen molar-refractivity contribution < 1.29 is 14.1 Å². The molecule has 1 saturated heterocycles. The number of hydrogen-bond donors (Lipinski definition) is 0. The summed E-state index contributed by atoms with van der Waals surface area (Å²) in [4.78, 5) is 18.5. The summed E-state index contributed by atoms with van der Waals surface area (Å²) in [7, 11) is 1.80. The molecule has 8 nitrogen and oxygen atoms in total. The molecule has 0 atom stereocenters. The Balaban J connectivity index is 1.20. The van der Waals surface area contributed by atoms with Crippen molar-refractivity contribution in [2.75, 3.05) is 26.3 Å². The van der Waals surface area contributed by atoms with E-state index in [1.54, 1.807) is 29.0 Å².